The fourth-order valence-electron chi connectivity index (χ4n) is 2.72. The van der Waals surface area contributed by atoms with Crippen LogP contribution in [0.2, 0.25) is 0 Å². The van der Waals surface area contributed by atoms with Crippen LogP contribution in [0.5, 0.6) is 5.75 Å². The maximum absolute atomic E-state index is 13.2. The summed E-state index contributed by atoms with van der Waals surface area (Å²) in [5.41, 5.74) is 0.251. The topological polar surface area (TPSA) is 52.6 Å². The highest BCUT2D eigenvalue weighted by Crippen LogP contribution is 2.27. The van der Waals surface area contributed by atoms with E-state index in [1.165, 1.54) is 30.3 Å². The predicted molar refractivity (Wildman–Crippen MR) is 109 cm³/mol. The molecule has 6 heteroatoms. The first-order valence-electron chi connectivity index (χ1n) is 9.39. The molecule has 0 aromatic heterocycles. The average Bonchev–Trinajstić information content (AvgIpc) is 2.70. The molecule has 0 fully saturated rings. The van der Waals surface area contributed by atoms with E-state index in [1.54, 1.807) is 12.1 Å². The first-order chi connectivity index (χ1) is 13.5. The van der Waals surface area contributed by atoms with Crippen LogP contribution in [-0.2, 0) is 4.74 Å². The van der Waals surface area contributed by atoms with Crippen molar-refractivity contribution < 1.29 is 23.5 Å². The second kappa shape index (κ2) is 11.0. The number of unbranched alkanes of at least 4 members (excludes halogenated alkanes) is 1. The van der Waals surface area contributed by atoms with E-state index in [4.69, 9.17) is 9.47 Å². The van der Waals surface area contributed by atoms with Gasteiger partial charge in [-0.05, 0) is 58.6 Å². The zero-order chi connectivity index (χ0) is 20.5. The van der Waals surface area contributed by atoms with Crippen molar-refractivity contribution in [2.45, 2.75) is 39.5 Å². The molecule has 0 aliphatic rings. The van der Waals surface area contributed by atoms with Gasteiger partial charge in [0.2, 0.25) is 0 Å². The molecule has 2 aromatic rings. The number of hydrogen-bond acceptors (Lipinski definition) is 4. The van der Waals surface area contributed by atoms with Gasteiger partial charge in [-0.2, -0.15) is 0 Å². The number of hydrogen-bond donors (Lipinski definition) is 0. The lowest BCUT2D eigenvalue weighted by Crippen LogP contribution is -2.18. The van der Waals surface area contributed by atoms with Gasteiger partial charge in [0.05, 0.1) is 22.2 Å². The lowest BCUT2D eigenvalue weighted by molar-refractivity contribution is 0.0422. The number of carbonyl (C=O) groups is 2. The van der Waals surface area contributed by atoms with Crippen molar-refractivity contribution >= 4 is 27.9 Å². The third kappa shape index (κ3) is 6.16. The summed E-state index contributed by atoms with van der Waals surface area (Å²) >= 11 is 3.16. The van der Waals surface area contributed by atoms with Crippen LogP contribution in [0, 0.1) is 11.7 Å². The third-order valence-corrected chi connectivity index (χ3v) is 5.08. The molecule has 28 heavy (non-hydrogen) atoms. The number of carbonyl (C=O) groups excluding carboxylic acids is 2. The summed E-state index contributed by atoms with van der Waals surface area (Å²) in [5, 5.41) is 0. The zero-order valence-corrected chi connectivity index (χ0v) is 17.6. The van der Waals surface area contributed by atoms with E-state index in [0.29, 0.717) is 17.0 Å². The van der Waals surface area contributed by atoms with Crippen LogP contribution in [0.25, 0.3) is 0 Å². The smallest absolute Gasteiger partial charge is 0.344 e. The Balaban J connectivity index is 2.10. The average molecular weight is 451 g/mol. The minimum absolute atomic E-state index is 0.102. The highest BCUT2D eigenvalue weighted by Gasteiger charge is 2.21. The van der Waals surface area contributed by atoms with Crippen LogP contribution in [-0.4, -0.2) is 18.5 Å². The minimum atomic E-state index is -0.710. The van der Waals surface area contributed by atoms with Crippen molar-refractivity contribution in [1.29, 1.82) is 0 Å². The summed E-state index contributed by atoms with van der Waals surface area (Å²) in [7, 11) is 0. The summed E-state index contributed by atoms with van der Waals surface area (Å²) in [6.07, 6.45) is 4.11. The molecule has 2 aromatic carbocycles. The molecule has 4 nitrogen and oxygen atoms in total. The van der Waals surface area contributed by atoms with Crippen molar-refractivity contribution in [3.05, 3.63) is 63.9 Å². The highest BCUT2D eigenvalue weighted by atomic mass is 79.9. The second-order valence-corrected chi connectivity index (χ2v) is 7.38. The summed E-state index contributed by atoms with van der Waals surface area (Å²) < 4.78 is 24.3. The monoisotopic (exact) mass is 450 g/mol. The molecule has 0 saturated carbocycles. The van der Waals surface area contributed by atoms with Crippen LogP contribution in [0.4, 0.5) is 4.39 Å². The lowest BCUT2D eigenvalue weighted by Gasteiger charge is -2.15. The number of benzene rings is 2. The second-order valence-electron chi connectivity index (χ2n) is 6.52. The van der Waals surface area contributed by atoms with E-state index >= 15 is 0 Å². The summed E-state index contributed by atoms with van der Waals surface area (Å²) in [5.74, 6) is -1.25. The summed E-state index contributed by atoms with van der Waals surface area (Å²) in [6.45, 7) is 4.52. The Morgan fingerprint density at radius 2 is 1.75 bits per heavy atom. The van der Waals surface area contributed by atoms with Crippen LogP contribution in [0.3, 0.4) is 0 Å². The molecule has 1 unspecified atom stereocenters. The van der Waals surface area contributed by atoms with E-state index in [1.807, 2.05) is 0 Å². The highest BCUT2D eigenvalue weighted by molar-refractivity contribution is 9.10. The Bertz CT molecular complexity index is 822. The first kappa shape index (κ1) is 22.1. The summed E-state index contributed by atoms with van der Waals surface area (Å²) in [6, 6.07) is 10.1. The van der Waals surface area contributed by atoms with Crippen molar-refractivity contribution in [3.8, 4) is 5.75 Å². The van der Waals surface area contributed by atoms with Crippen LogP contribution in [0.15, 0.2) is 46.9 Å². The molecule has 0 heterocycles. The molecule has 2 rings (SSSR count). The molecule has 0 N–H and O–H groups in total. The lowest BCUT2D eigenvalue weighted by atomic mass is 10.0. The van der Waals surface area contributed by atoms with Crippen LogP contribution in [0.1, 0.15) is 60.2 Å². The number of rotatable bonds is 9. The Morgan fingerprint density at radius 3 is 2.36 bits per heavy atom. The van der Waals surface area contributed by atoms with Gasteiger partial charge in [-0.3, -0.25) is 0 Å². The molecule has 0 aliphatic carbocycles. The Labute approximate surface area is 173 Å². The van der Waals surface area contributed by atoms with Gasteiger partial charge >= 0.3 is 11.9 Å². The fourth-order valence-corrected chi connectivity index (χ4v) is 3.15. The van der Waals surface area contributed by atoms with Gasteiger partial charge in [-0.1, -0.05) is 45.2 Å². The van der Waals surface area contributed by atoms with Gasteiger partial charge in [0.15, 0.2) is 0 Å². The van der Waals surface area contributed by atoms with Gasteiger partial charge in [0, 0.05) is 0 Å². The normalized spacial score (nSPS) is 11.7. The molecular formula is C22H24BrFO4. The van der Waals surface area contributed by atoms with Crippen molar-refractivity contribution in [3.63, 3.8) is 0 Å². The summed E-state index contributed by atoms with van der Waals surface area (Å²) in [4.78, 5) is 25.1. The van der Waals surface area contributed by atoms with Gasteiger partial charge in [0.25, 0.3) is 0 Å². The van der Waals surface area contributed by atoms with E-state index < -0.39 is 17.8 Å². The van der Waals surface area contributed by atoms with Gasteiger partial charge < -0.3 is 9.47 Å². The predicted octanol–water partition coefficient (Wildman–Crippen LogP) is 6.18. The maximum atomic E-state index is 13.2. The Hall–Kier alpha value is -2.21. The molecule has 0 radical (unpaired) electrons. The van der Waals surface area contributed by atoms with Crippen molar-refractivity contribution in [1.82, 2.24) is 0 Å². The molecule has 150 valence electrons. The third-order valence-electron chi connectivity index (χ3n) is 4.46. The molecule has 0 bridgehead atoms. The van der Waals surface area contributed by atoms with Crippen molar-refractivity contribution in [2.24, 2.45) is 5.92 Å². The van der Waals surface area contributed by atoms with Gasteiger partial charge in [0.1, 0.15) is 11.6 Å². The van der Waals surface area contributed by atoms with Crippen LogP contribution >= 0.6 is 15.9 Å². The number of esters is 2. The molecule has 0 spiro atoms. The minimum Gasteiger partial charge on any atom is -0.462 e. The molecule has 0 aliphatic heterocycles. The standard InChI is InChI=1S/C22H24BrFO4/c1-3-5-8-15(4-2)14-27-21(25)17-9-6-7-10-18(17)22(26)28-20-12-11-16(24)13-19(20)23/h6-7,9-13,15H,3-5,8,14H2,1-2H3. The SMILES string of the molecule is CCCCC(CC)COC(=O)c1ccccc1C(=O)Oc1ccc(F)cc1Br. The number of ether oxygens (including phenoxy) is 2. The van der Waals surface area contributed by atoms with Gasteiger partial charge in [-0.25, -0.2) is 14.0 Å². The molecule has 0 amide bonds. The first-order valence-corrected chi connectivity index (χ1v) is 10.2. The van der Waals surface area contributed by atoms with Crippen molar-refractivity contribution in [2.75, 3.05) is 6.61 Å². The molecule has 1 atom stereocenters. The van der Waals surface area contributed by atoms with E-state index in [-0.39, 0.29) is 16.9 Å². The van der Waals surface area contributed by atoms with Crippen LogP contribution < -0.4 is 4.74 Å². The maximum Gasteiger partial charge on any atom is 0.344 e. The Kier molecular flexibility index (Phi) is 8.64. The number of halogens is 2. The van der Waals surface area contributed by atoms with Gasteiger partial charge in [-0.15, -0.1) is 0 Å². The zero-order valence-electron chi connectivity index (χ0n) is 16.0. The van der Waals surface area contributed by atoms with E-state index in [0.717, 1.165) is 25.7 Å². The Morgan fingerprint density at radius 1 is 1.07 bits per heavy atom. The largest absolute Gasteiger partial charge is 0.462 e. The molecule has 0 saturated heterocycles. The fraction of sp³-hybridized carbons (Fsp3) is 0.364. The molecular weight excluding hydrogens is 427 g/mol. The quantitative estimate of drug-likeness (QED) is 0.338. The van der Waals surface area contributed by atoms with E-state index in [9.17, 15) is 14.0 Å². The van der Waals surface area contributed by atoms with E-state index in [2.05, 4.69) is 29.8 Å².